The van der Waals surface area contributed by atoms with E-state index in [4.69, 9.17) is 0 Å². The van der Waals surface area contributed by atoms with Crippen LogP contribution in [0.15, 0.2) is 47.4 Å². The maximum atomic E-state index is 4.26. The van der Waals surface area contributed by atoms with Crippen molar-refractivity contribution in [3.05, 3.63) is 42.5 Å². The fourth-order valence-electron chi connectivity index (χ4n) is 1.18. The summed E-state index contributed by atoms with van der Waals surface area (Å²) in [5, 5.41) is 2.52. The Labute approximate surface area is 85.0 Å². The smallest absolute Gasteiger partial charge is 0.00463 e. The minimum Gasteiger partial charge on any atom is -0.143 e. The van der Waals surface area contributed by atoms with E-state index in [1.54, 1.807) is 0 Å². The number of hydrogen-bond donors (Lipinski definition) is 1. The van der Waals surface area contributed by atoms with Gasteiger partial charge < -0.3 is 0 Å². The average Bonchev–Trinajstić information content (AvgIpc) is 2.21. The van der Waals surface area contributed by atoms with E-state index >= 15 is 0 Å². The number of rotatable bonds is 0. The Balaban J connectivity index is 0.000000396. The molecule has 0 saturated heterocycles. The molecule has 1 heteroatoms. The molecule has 0 saturated carbocycles. The van der Waals surface area contributed by atoms with Gasteiger partial charge in [-0.2, -0.15) is 0 Å². The number of fused-ring (bicyclic) bond motifs is 1. The van der Waals surface area contributed by atoms with Gasteiger partial charge in [0.25, 0.3) is 0 Å². The quantitative estimate of drug-likeness (QED) is 0.593. The summed E-state index contributed by atoms with van der Waals surface area (Å²) < 4.78 is 0. The molecule has 2 aromatic rings. The van der Waals surface area contributed by atoms with E-state index in [1.165, 1.54) is 10.8 Å². The second-order valence-electron chi connectivity index (χ2n) is 2.53. The summed E-state index contributed by atoms with van der Waals surface area (Å²) in [6.45, 7) is 4.00. The fraction of sp³-hybridized carbons (Fsp3) is 0.167. The topological polar surface area (TPSA) is 0 Å². The van der Waals surface area contributed by atoms with E-state index in [2.05, 4.69) is 36.9 Å². The molecule has 2 rings (SSSR count). The zero-order valence-electron chi connectivity index (χ0n) is 7.99. The van der Waals surface area contributed by atoms with Crippen LogP contribution in [0.4, 0.5) is 0 Å². The summed E-state index contributed by atoms with van der Waals surface area (Å²) in [5.41, 5.74) is 0. The Morgan fingerprint density at radius 2 is 1.46 bits per heavy atom. The van der Waals surface area contributed by atoms with Crippen molar-refractivity contribution in [1.82, 2.24) is 0 Å². The summed E-state index contributed by atoms with van der Waals surface area (Å²) in [6.07, 6.45) is 0. The minimum atomic E-state index is 1.02. The van der Waals surface area contributed by atoms with E-state index in [-0.39, 0.29) is 0 Å². The van der Waals surface area contributed by atoms with Gasteiger partial charge >= 0.3 is 0 Å². The summed E-state index contributed by atoms with van der Waals surface area (Å²) in [6, 6.07) is 14.4. The first-order chi connectivity index (χ1) is 6.36. The van der Waals surface area contributed by atoms with E-state index < -0.39 is 0 Å². The van der Waals surface area contributed by atoms with Crippen LogP contribution in [0, 0.1) is 0 Å². The lowest BCUT2D eigenvalue weighted by Crippen LogP contribution is -1.70. The van der Waals surface area contributed by atoms with Crippen LogP contribution in [-0.4, -0.2) is 0 Å². The SMILES string of the molecule is CC.Sc1ccc2ccccc2c1. The first-order valence-electron chi connectivity index (χ1n) is 4.54. The molecule has 0 aliphatic heterocycles. The molecule has 0 nitrogen and oxygen atoms in total. The largest absolute Gasteiger partial charge is 0.143 e. The summed E-state index contributed by atoms with van der Waals surface area (Å²) in [7, 11) is 0. The third-order valence-electron chi connectivity index (χ3n) is 1.73. The fourth-order valence-corrected chi connectivity index (χ4v) is 1.39. The van der Waals surface area contributed by atoms with Crippen LogP contribution in [-0.2, 0) is 0 Å². The van der Waals surface area contributed by atoms with Gasteiger partial charge in [-0.05, 0) is 22.9 Å². The lowest BCUT2D eigenvalue weighted by atomic mass is 10.1. The predicted molar refractivity (Wildman–Crippen MR) is 62.5 cm³/mol. The Morgan fingerprint density at radius 1 is 0.846 bits per heavy atom. The summed E-state index contributed by atoms with van der Waals surface area (Å²) in [5.74, 6) is 0. The lowest BCUT2D eigenvalue weighted by molar-refractivity contribution is 1.50. The van der Waals surface area contributed by atoms with E-state index in [0.29, 0.717) is 0 Å². The lowest BCUT2D eigenvalue weighted by Gasteiger charge is -1.96. The number of thiol groups is 1. The molecule has 0 aliphatic carbocycles. The zero-order valence-corrected chi connectivity index (χ0v) is 8.88. The molecule has 0 amide bonds. The minimum absolute atomic E-state index is 1.02. The molecule has 13 heavy (non-hydrogen) atoms. The van der Waals surface area contributed by atoms with E-state index in [9.17, 15) is 0 Å². The second-order valence-corrected chi connectivity index (χ2v) is 3.05. The Bertz CT molecular complexity index is 380. The van der Waals surface area contributed by atoms with Gasteiger partial charge in [0.1, 0.15) is 0 Å². The van der Waals surface area contributed by atoms with Crippen LogP contribution in [0.1, 0.15) is 13.8 Å². The normalized spacial score (nSPS) is 9.15. The third kappa shape index (κ3) is 2.49. The molecule has 0 radical (unpaired) electrons. The van der Waals surface area contributed by atoms with Crippen molar-refractivity contribution in [2.45, 2.75) is 18.7 Å². The molecule has 0 heterocycles. The Morgan fingerprint density at radius 3 is 2.15 bits per heavy atom. The van der Waals surface area contributed by atoms with Gasteiger partial charge in [-0.1, -0.05) is 44.2 Å². The van der Waals surface area contributed by atoms with Crippen LogP contribution in [0.2, 0.25) is 0 Å². The average molecular weight is 190 g/mol. The van der Waals surface area contributed by atoms with E-state index in [1.807, 2.05) is 32.0 Å². The zero-order chi connectivity index (χ0) is 9.68. The van der Waals surface area contributed by atoms with Crippen molar-refractivity contribution in [3.63, 3.8) is 0 Å². The molecular weight excluding hydrogens is 176 g/mol. The van der Waals surface area contributed by atoms with Crippen LogP contribution < -0.4 is 0 Å². The summed E-state index contributed by atoms with van der Waals surface area (Å²) in [4.78, 5) is 1.02. The van der Waals surface area contributed by atoms with Crippen LogP contribution in [0.5, 0.6) is 0 Å². The molecule has 0 N–H and O–H groups in total. The number of hydrogen-bond acceptors (Lipinski definition) is 1. The van der Waals surface area contributed by atoms with Crippen molar-refractivity contribution in [3.8, 4) is 0 Å². The monoisotopic (exact) mass is 190 g/mol. The highest BCUT2D eigenvalue weighted by Gasteiger charge is 1.90. The predicted octanol–water partition coefficient (Wildman–Crippen LogP) is 4.15. The van der Waals surface area contributed by atoms with Crippen LogP contribution in [0.25, 0.3) is 10.8 Å². The molecule has 0 spiro atoms. The molecule has 0 aromatic heterocycles. The standard InChI is InChI=1S/C10H8S.C2H6/c11-10-6-5-8-3-1-2-4-9(8)7-10;1-2/h1-7,11H;1-2H3. The van der Waals surface area contributed by atoms with Gasteiger partial charge in [-0.15, -0.1) is 12.6 Å². The first-order valence-corrected chi connectivity index (χ1v) is 4.99. The highest BCUT2D eigenvalue weighted by molar-refractivity contribution is 7.80. The number of benzene rings is 2. The molecule has 0 bridgehead atoms. The van der Waals surface area contributed by atoms with Crippen molar-refractivity contribution in [2.75, 3.05) is 0 Å². The summed E-state index contributed by atoms with van der Waals surface area (Å²) >= 11 is 4.26. The van der Waals surface area contributed by atoms with Gasteiger partial charge in [-0.3, -0.25) is 0 Å². The van der Waals surface area contributed by atoms with Gasteiger partial charge in [0, 0.05) is 4.90 Å². The first kappa shape index (κ1) is 10.1. The van der Waals surface area contributed by atoms with Gasteiger partial charge in [0.05, 0.1) is 0 Å². The maximum absolute atomic E-state index is 4.26. The van der Waals surface area contributed by atoms with Crippen molar-refractivity contribution < 1.29 is 0 Å². The van der Waals surface area contributed by atoms with Gasteiger partial charge in [0.2, 0.25) is 0 Å². The van der Waals surface area contributed by atoms with Gasteiger partial charge in [-0.25, -0.2) is 0 Å². The van der Waals surface area contributed by atoms with Gasteiger partial charge in [0.15, 0.2) is 0 Å². The second kappa shape index (κ2) is 4.93. The maximum Gasteiger partial charge on any atom is 0.00463 e. The van der Waals surface area contributed by atoms with Crippen molar-refractivity contribution in [1.29, 1.82) is 0 Å². The molecule has 2 aromatic carbocycles. The van der Waals surface area contributed by atoms with Crippen molar-refractivity contribution in [2.24, 2.45) is 0 Å². The molecular formula is C12H14S. The Kier molecular flexibility index (Phi) is 3.84. The molecule has 0 unspecified atom stereocenters. The highest BCUT2D eigenvalue weighted by Crippen LogP contribution is 2.17. The highest BCUT2D eigenvalue weighted by atomic mass is 32.1. The van der Waals surface area contributed by atoms with E-state index in [0.717, 1.165) is 4.90 Å². The molecule has 0 fully saturated rings. The van der Waals surface area contributed by atoms with Crippen molar-refractivity contribution >= 4 is 23.4 Å². The van der Waals surface area contributed by atoms with Crippen LogP contribution >= 0.6 is 12.6 Å². The molecule has 0 aliphatic rings. The molecule has 68 valence electrons. The third-order valence-corrected chi connectivity index (χ3v) is 2.01. The Hall–Kier alpha value is -0.950. The van der Waals surface area contributed by atoms with Crippen LogP contribution in [0.3, 0.4) is 0 Å². The molecule has 0 atom stereocenters.